The molecule has 2 saturated heterocycles. The van der Waals surface area contributed by atoms with Crippen LogP contribution in [0.2, 0.25) is 5.02 Å². The molecule has 2 aliphatic rings. The van der Waals surface area contributed by atoms with Crippen molar-refractivity contribution >= 4 is 23.3 Å². The molecule has 2 aliphatic heterocycles. The number of amides is 1. The minimum atomic E-state index is -0.425. The molecule has 0 spiro atoms. The van der Waals surface area contributed by atoms with E-state index in [0.29, 0.717) is 17.5 Å². The van der Waals surface area contributed by atoms with Gasteiger partial charge in [-0.1, -0.05) is 17.7 Å². The molecule has 2 atom stereocenters. The van der Waals surface area contributed by atoms with Crippen molar-refractivity contribution in [1.29, 1.82) is 0 Å². The number of hydrogen-bond acceptors (Lipinski definition) is 4. The highest BCUT2D eigenvalue weighted by molar-refractivity contribution is 6.31. The summed E-state index contributed by atoms with van der Waals surface area (Å²) in [5.41, 5.74) is 0.282. The molecule has 2 aromatic rings. The Labute approximate surface area is 156 Å². The summed E-state index contributed by atoms with van der Waals surface area (Å²) in [4.78, 5) is 25.5. The molecule has 5 nitrogen and oxygen atoms in total. The number of hydrogen-bond donors (Lipinski definition) is 0. The van der Waals surface area contributed by atoms with Crippen LogP contribution in [0.5, 0.6) is 0 Å². The van der Waals surface area contributed by atoms with Gasteiger partial charge in [0.2, 0.25) is 5.91 Å². The van der Waals surface area contributed by atoms with Crippen LogP contribution in [0, 0.1) is 11.7 Å². The van der Waals surface area contributed by atoms with Gasteiger partial charge in [0.05, 0.1) is 18.7 Å². The Hall–Kier alpha value is -2.21. The molecule has 0 radical (unpaired) electrons. The first kappa shape index (κ1) is 17.2. The lowest BCUT2D eigenvalue weighted by Crippen LogP contribution is -2.50. The molecule has 2 fully saturated rings. The summed E-state index contributed by atoms with van der Waals surface area (Å²) in [5, 5.41) is 0.305. The number of carbonyl (C=O) groups excluding carboxylic acids is 1. The predicted octanol–water partition coefficient (Wildman–Crippen LogP) is 2.94. The van der Waals surface area contributed by atoms with Crippen molar-refractivity contribution in [3.8, 4) is 0 Å². The van der Waals surface area contributed by atoms with Crippen LogP contribution >= 0.6 is 11.6 Å². The van der Waals surface area contributed by atoms with Crippen molar-refractivity contribution in [3.05, 3.63) is 53.2 Å². The normalized spacial score (nSPS) is 22.4. The van der Waals surface area contributed by atoms with E-state index in [1.54, 1.807) is 30.7 Å². The topological polar surface area (TPSA) is 49.3 Å². The predicted molar refractivity (Wildman–Crippen MR) is 97.6 cm³/mol. The lowest BCUT2D eigenvalue weighted by atomic mass is 9.92. The van der Waals surface area contributed by atoms with Gasteiger partial charge < -0.3 is 9.80 Å². The zero-order valence-corrected chi connectivity index (χ0v) is 15.1. The summed E-state index contributed by atoms with van der Waals surface area (Å²) in [7, 11) is 0. The molecule has 2 unspecified atom stereocenters. The second-order valence-corrected chi connectivity index (χ2v) is 7.29. The van der Waals surface area contributed by atoms with Crippen LogP contribution in [0.3, 0.4) is 0 Å². The van der Waals surface area contributed by atoms with E-state index in [9.17, 15) is 9.18 Å². The third kappa shape index (κ3) is 3.26. The summed E-state index contributed by atoms with van der Waals surface area (Å²) in [6.07, 6.45) is 7.10. The zero-order chi connectivity index (χ0) is 18.1. The highest BCUT2D eigenvalue weighted by Gasteiger charge is 2.40. The van der Waals surface area contributed by atoms with Crippen molar-refractivity contribution in [2.24, 2.45) is 5.92 Å². The van der Waals surface area contributed by atoms with E-state index in [2.05, 4.69) is 14.9 Å². The Balaban J connectivity index is 1.49. The molecule has 1 amide bonds. The van der Waals surface area contributed by atoms with E-state index >= 15 is 0 Å². The number of likely N-dealkylation sites (tertiary alicyclic amines) is 1. The van der Waals surface area contributed by atoms with Gasteiger partial charge in [0.25, 0.3) is 0 Å². The molecule has 1 aromatic heterocycles. The highest BCUT2D eigenvalue weighted by atomic mass is 35.5. The Morgan fingerprint density at radius 2 is 2.12 bits per heavy atom. The maximum Gasteiger partial charge on any atom is 0.227 e. The number of piperidine rings is 1. The molecular weight excluding hydrogens is 355 g/mol. The Kier molecular flexibility index (Phi) is 4.76. The zero-order valence-electron chi connectivity index (χ0n) is 14.3. The van der Waals surface area contributed by atoms with E-state index in [4.69, 9.17) is 11.6 Å². The number of fused-ring (bicyclic) bond motifs is 1. The average molecular weight is 375 g/mol. The fourth-order valence-electron chi connectivity index (χ4n) is 4.07. The lowest BCUT2D eigenvalue weighted by molar-refractivity contribution is -0.131. The van der Waals surface area contributed by atoms with Gasteiger partial charge in [-0.05, 0) is 30.9 Å². The smallest absolute Gasteiger partial charge is 0.227 e. The maximum atomic E-state index is 14.0. The minimum absolute atomic E-state index is 0.000130. The Morgan fingerprint density at radius 3 is 2.88 bits per heavy atom. The van der Waals surface area contributed by atoms with Crippen molar-refractivity contribution in [2.75, 3.05) is 24.5 Å². The van der Waals surface area contributed by atoms with E-state index < -0.39 is 5.82 Å². The monoisotopic (exact) mass is 374 g/mol. The van der Waals surface area contributed by atoms with E-state index in [1.165, 1.54) is 6.07 Å². The van der Waals surface area contributed by atoms with Crippen molar-refractivity contribution in [2.45, 2.75) is 25.3 Å². The second-order valence-electron chi connectivity index (χ2n) is 6.88. The van der Waals surface area contributed by atoms with Crippen LogP contribution in [-0.4, -0.2) is 46.5 Å². The highest BCUT2D eigenvalue weighted by Crippen LogP contribution is 2.33. The van der Waals surface area contributed by atoms with Crippen LogP contribution in [0.25, 0.3) is 0 Å². The summed E-state index contributed by atoms with van der Waals surface area (Å²) >= 11 is 6.09. The number of carbonyl (C=O) groups is 1. The van der Waals surface area contributed by atoms with Crippen molar-refractivity contribution < 1.29 is 9.18 Å². The molecule has 7 heteroatoms. The first-order valence-corrected chi connectivity index (χ1v) is 9.24. The summed E-state index contributed by atoms with van der Waals surface area (Å²) in [6.45, 7) is 2.37. The van der Waals surface area contributed by atoms with Gasteiger partial charge in [0.1, 0.15) is 11.6 Å². The molecule has 4 rings (SSSR count). The fourth-order valence-corrected chi connectivity index (χ4v) is 4.30. The van der Waals surface area contributed by atoms with Gasteiger partial charge in [-0.25, -0.2) is 9.37 Å². The molecule has 0 N–H and O–H groups in total. The van der Waals surface area contributed by atoms with Crippen molar-refractivity contribution in [3.63, 3.8) is 0 Å². The lowest BCUT2D eigenvalue weighted by Gasteiger charge is -2.39. The molecule has 0 aliphatic carbocycles. The Morgan fingerprint density at radius 1 is 1.27 bits per heavy atom. The standard InChI is InChI=1S/C19H20ClFN4O/c20-15-2-1-3-16(21)14(15)10-19(26)25-9-5-13-4-8-24(12-17(13)25)18-11-22-6-7-23-18/h1-3,6-7,11,13,17H,4-5,8-10,12H2. The van der Waals surface area contributed by atoms with E-state index in [-0.39, 0.29) is 23.9 Å². The SMILES string of the molecule is O=C(Cc1c(F)cccc1Cl)N1CCC2CCN(c3cnccn3)CC21. The molecule has 3 heterocycles. The van der Waals surface area contributed by atoms with Gasteiger partial charge in [-0.3, -0.25) is 9.78 Å². The molecular formula is C19H20ClFN4O. The number of benzene rings is 1. The molecule has 26 heavy (non-hydrogen) atoms. The van der Waals surface area contributed by atoms with Crippen LogP contribution in [-0.2, 0) is 11.2 Å². The van der Waals surface area contributed by atoms with Gasteiger partial charge in [0, 0.05) is 42.6 Å². The third-order valence-electron chi connectivity index (χ3n) is 5.45. The molecule has 0 saturated carbocycles. The second kappa shape index (κ2) is 7.19. The molecule has 136 valence electrons. The van der Waals surface area contributed by atoms with Crippen LogP contribution in [0.4, 0.5) is 10.2 Å². The quantitative estimate of drug-likeness (QED) is 0.828. The summed E-state index contributed by atoms with van der Waals surface area (Å²) in [6, 6.07) is 4.65. The largest absolute Gasteiger partial charge is 0.353 e. The number of halogens is 2. The number of rotatable bonds is 3. The first-order chi connectivity index (χ1) is 12.6. The van der Waals surface area contributed by atoms with Gasteiger partial charge in [-0.15, -0.1) is 0 Å². The summed E-state index contributed by atoms with van der Waals surface area (Å²) < 4.78 is 14.0. The van der Waals surface area contributed by atoms with Crippen LogP contribution in [0.15, 0.2) is 36.8 Å². The number of nitrogens with zero attached hydrogens (tertiary/aromatic N) is 4. The van der Waals surface area contributed by atoms with Gasteiger partial charge >= 0.3 is 0 Å². The van der Waals surface area contributed by atoms with E-state index in [0.717, 1.165) is 31.7 Å². The Bertz CT molecular complexity index is 783. The first-order valence-electron chi connectivity index (χ1n) is 8.87. The third-order valence-corrected chi connectivity index (χ3v) is 5.80. The van der Waals surface area contributed by atoms with Crippen LogP contribution in [0.1, 0.15) is 18.4 Å². The minimum Gasteiger partial charge on any atom is -0.353 e. The number of aromatic nitrogens is 2. The van der Waals surface area contributed by atoms with E-state index in [1.807, 2.05) is 4.90 Å². The fraction of sp³-hybridized carbons (Fsp3) is 0.421. The maximum absolute atomic E-state index is 14.0. The number of anilines is 1. The van der Waals surface area contributed by atoms with Crippen LogP contribution < -0.4 is 4.90 Å². The van der Waals surface area contributed by atoms with Gasteiger partial charge in [0.15, 0.2) is 0 Å². The molecule has 0 bridgehead atoms. The molecule has 1 aromatic carbocycles. The van der Waals surface area contributed by atoms with Gasteiger partial charge in [-0.2, -0.15) is 0 Å². The summed E-state index contributed by atoms with van der Waals surface area (Å²) in [5.74, 6) is 0.835. The van der Waals surface area contributed by atoms with Crippen molar-refractivity contribution in [1.82, 2.24) is 14.9 Å². The average Bonchev–Trinajstić information content (AvgIpc) is 3.09.